The van der Waals surface area contributed by atoms with Crippen LogP contribution in [-0.4, -0.2) is 35.1 Å². The summed E-state index contributed by atoms with van der Waals surface area (Å²) in [5.74, 6) is -1.17. The summed E-state index contributed by atoms with van der Waals surface area (Å²) in [6, 6.07) is -0.803. The predicted octanol–water partition coefficient (Wildman–Crippen LogP) is 0.324. The van der Waals surface area contributed by atoms with E-state index in [1.165, 1.54) is 6.92 Å². The Balaban J connectivity index is 3.01. The van der Waals surface area contributed by atoms with E-state index in [0.29, 0.717) is 0 Å². The van der Waals surface area contributed by atoms with Gasteiger partial charge in [0.25, 0.3) is 0 Å². The molecule has 0 aliphatic carbocycles. The maximum absolute atomic E-state index is 12.2. The molecule has 1 fully saturated rings. The maximum atomic E-state index is 12.2. The Morgan fingerprint density at radius 1 is 1.47 bits per heavy atom. The molecule has 1 aliphatic heterocycles. The monoisotopic (exact) mass is 240 g/mol. The number of nitrogens with zero attached hydrogens (tertiary/aromatic N) is 1. The number of amides is 2. The van der Waals surface area contributed by atoms with Crippen LogP contribution in [0.4, 0.5) is 0 Å². The zero-order chi connectivity index (χ0) is 13.4. The third-order valence-electron chi connectivity index (χ3n) is 3.23. The average Bonchev–Trinajstić information content (AvgIpc) is 2.45. The molecule has 1 aliphatic rings. The number of likely N-dealkylation sites (tertiary alicyclic amines) is 1. The van der Waals surface area contributed by atoms with Crippen molar-refractivity contribution in [2.24, 2.45) is 17.1 Å². The van der Waals surface area contributed by atoms with Crippen molar-refractivity contribution in [2.75, 3.05) is 6.54 Å². The molecule has 5 heteroatoms. The SMILES string of the molecule is CC(=O)C(CN)N1C(=O)CC(C(C)(C)C)C1=O. The van der Waals surface area contributed by atoms with Gasteiger partial charge in [-0.25, -0.2) is 0 Å². The number of ketones is 1. The Hall–Kier alpha value is -1.23. The van der Waals surface area contributed by atoms with Crippen LogP contribution in [0, 0.1) is 11.3 Å². The molecule has 1 saturated heterocycles. The van der Waals surface area contributed by atoms with E-state index in [2.05, 4.69) is 0 Å². The summed E-state index contributed by atoms with van der Waals surface area (Å²) >= 11 is 0. The molecule has 17 heavy (non-hydrogen) atoms. The van der Waals surface area contributed by atoms with Gasteiger partial charge in [-0.1, -0.05) is 20.8 Å². The van der Waals surface area contributed by atoms with Crippen LogP contribution in [-0.2, 0) is 14.4 Å². The van der Waals surface area contributed by atoms with Crippen molar-refractivity contribution >= 4 is 17.6 Å². The summed E-state index contributed by atoms with van der Waals surface area (Å²) in [5, 5.41) is 0. The number of hydrogen-bond donors (Lipinski definition) is 1. The Morgan fingerprint density at radius 2 is 2.00 bits per heavy atom. The van der Waals surface area contributed by atoms with Crippen LogP contribution in [0.25, 0.3) is 0 Å². The molecule has 0 aromatic rings. The minimum absolute atomic E-state index is 0.0102. The third kappa shape index (κ3) is 2.54. The second-order valence-electron chi connectivity index (χ2n) is 5.59. The lowest BCUT2D eigenvalue weighted by molar-refractivity contribution is -0.146. The fourth-order valence-electron chi connectivity index (χ4n) is 2.11. The largest absolute Gasteiger partial charge is 0.328 e. The fraction of sp³-hybridized carbons (Fsp3) is 0.750. The molecule has 2 amide bonds. The first-order valence-electron chi connectivity index (χ1n) is 5.76. The molecule has 2 unspecified atom stereocenters. The Labute approximate surface area is 101 Å². The molecular formula is C12H20N2O3. The number of Topliss-reactive ketones (excluding diaryl/α,β-unsaturated/α-hetero) is 1. The minimum atomic E-state index is -0.803. The Morgan fingerprint density at radius 3 is 2.29 bits per heavy atom. The Bertz CT molecular complexity index is 357. The molecule has 0 aromatic carbocycles. The van der Waals surface area contributed by atoms with E-state index in [4.69, 9.17) is 5.73 Å². The molecule has 5 nitrogen and oxygen atoms in total. The van der Waals surface area contributed by atoms with Crippen LogP contribution < -0.4 is 5.73 Å². The van der Waals surface area contributed by atoms with Gasteiger partial charge in [-0.2, -0.15) is 0 Å². The lowest BCUT2D eigenvalue weighted by atomic mass is 9.80. The van der Waals surface area contributed by atoms with Crippen LogP contribution in [0.1, 0.15) is 34.1 Å². The van der Waals surface area contributed by atoms with Crippen molar-refractivity contribution < 1.29 is 14.4 Å². The second kappa shape index (κ2) is 4.56. The highest BCUT2D eigenvalue weighted by atomic mass is 16.2. The molecular weight excluding hydrogens is 220 g/mol. The molecule has 0 radical (unpaired) electrons. The van der Waals surface area contributed by atoms with Gasteiger partial charge in [0.2, 0.25) is 11.8 Å². The first-order chi connectivity index (χ1) is 7.70. The molecule has 0 aromatic heterocycles. The van der Waals surface area contributed by atoms with Crippen molar-refractivity contribution in [3.8, 4) is 0 Å². The highest BCUT2D eigenvalue weighted by Gasteiger charge is 2.47. The third-order valence-corrected chi connectivity index (χ3v) is 3.23. The minimum Gasteiger partial charge on any atom is -0.328 e. The van der Waals surface area contributed by atoms with E-state index in [-0.39, 0.29) is 41.9 Å². The first kappa shape index (κ1) is 13.8. The molecule has 0 spiro atoms. The van der Waals surface area contributed by atoms with E-state index >= 15 is 0 Å². The van der Waals surface area contributed by atoms with Crippen LogP contribution >= 0.6 is 0 Å². The fourth-order valence-corrected chi connectivity index (χ4v) is 2.11. The molecule has 2 atom stereocenters. The number of carbonyl (C=O) groups is 3. The number of nitrogens with two attached hydrogens (primary N) is 1. The van der Waals surface area contributed by atoms with Gasteiger partial charge < -0.3 is 5.73 Å². The van der Waals surface area contributed by atoms with Crippen molar-refractivity contribution in [2.45, 2.75) is 40.2 Å². The number of carbonyl (C=O) groups excluding carboxylic acids is 3. The molecule has 1 heterocycles. The van der Waals surface area contributed by atoms with Crippen LogP contribution in [0.5, 0.6) is 0 Å². The zero-order valence-electron chi connectivity index (χ0n) is 10.8. The molecule has 1 rings (SSSR count). The van der Waals surface area contributed by atoms with E-state index in [9.17, 15) is 14.4 Å². The highest BCUT2D eigenvalue weighted by molar-refractivity contribution is 6.07. The average molecular weight is 240 g/mol. The summed E-state index contributed by atoms with van der Waals surface area (Å²) in [6.45, 7) is 7.08. The molecule has 2 N–H and O–H groups in total. The van der Waals surface area contributed by atoms with Crippen molar-refractivity contribution in [1.29, 1.82) is 0 Å². The summed E-state index contributed by atoms with van der Waals surface area (Å²) < 4.78 is 0. The smallest absolute Gasteiger partial charge is 0.234 e. The lowest BCUT2D eigenvalue weighted by Gasteiger charge is -2.27. The Kier molecular flexibility index (Phi) is 3.71. The van der Waals surface area contributed by atoms with E-state index < -0.39 is 6.04 Å². The van der Waals surface area contributed by atoms with Crippen molar-refractivity contribution in [3.05, 3.63) is 0 Å². The zero-order valence-corrected chi connectivity index (χ0v) is 10.8. The van der Waals surface area contributed by atoms with Crippen LogP contribution in [0.3, 0.4) is 0 Å². The van der Waals surface area contributed by atoms with E-state index in [1.807, 2.05) is 20.8 Å². The normalized spacial score (nSPS) is 23.1. The van der Waals surface area contributed by atoms with Gasteiger partial charge in [0.05, 0.1) is 5.92 Å². The van der Waals surface area contributed by atoms with Gasteiger partial charge in [-0.15, -0.1) is 0 Å². The molecule has 96 valence electrons. The second-order valence-corrected chi connectivity index (χ2v) is 5.59. The number of rotatable bonds is 3. The van der Waals surface area contributed by atoms with Crippen LogP contribution in [0.15, 0.2) is 0 Å². The van der Waals surface area contributed by atoms with Crippen molar-refractivity contribution in [3.63, 3.8) is 0 Å². The van der Waals surface area contributed by atoms with Gasteiger partial charge in [-0.3, -0.25) is 19.3 Å². The maximum Gasteiger partial charge on any atom is 0.234 e. The lowest BCUT2D eigenvalue weighted by Crippen LogP contribution is -2.49. The summed E-state index contributed by atoms with van der Waals surface area (Å²) in [7, 11) is 0. The van der Waals surface area contributed by atoms with Gasteiger partial charge >= 0.3 is 0 Å². The van der Waals surface area contributed by atoms with Gasteiger partial charge in [0.1, 0.15) is 6.04 Å². The predicted molar refractivity (Wildman–Crippen MR) is 62.9 cm³/mol. The summed E-state index contributed by atoms with van der Waals surface area (Å²) in [4.78, 5) is 36.4. The summed E-state index contributed by atoms with van der Waals surface area (Å²) in [5.41, 5.74) is 5.19. The van der Waals surface area contributed by atoms with E-state index in [0.717, 1.165) is 4.90 Å². The van der Waals surface area contributed by atoms with Gasteiger partial charge in [-0.05, 0) is 12.3 Å². The quantitative estimate of drug-likeness (QED) is 0.721. The number of imide groups is 1. The van der Waals surface area contributed by atoms with Crippen molar-refractivity contribution in [1.82, 2.24) is 4.90 Å². The molecule has 0 bridgehead atoms. The first-order valence-corrected chi connectivity index (χ1v) is 5.76. The highest BCUT2D eigenvalue weighted by Crippen LogP contribution is 2.36. The van der Waals surface area contributed by atoms with Crippen LogP contribution in [0.2, 0.25) is 0 Å². The molecule has 0 saturated carbocycles. The van der Waals surface area contributed by atoms with E-state index in [1.54, 1.807) is 0 Å². The topological polar surface area (TPSA) is 80.5 Å². The standard InChI is InChI=1S/C12H20N2O3/c1-7(15)9(6-13)14-10(16)5-8(11(14)17)12(2,3)4/h8-9H,5-6,13H2,1-4H3. The van der Waals surface area contributed by atoms with Gasteiger partial charge in [0, 0.05) is 13.0 Å². The summed E-state index contributed by atoms with van der Waals surface area (Å²) in [6.07, 6.45) is 0.173. The number of hydrogen-bond acceptors (Lipinski definition) is 4. The van der Waals surface area contributed by atoms with Gasteiger partial charge in [0.15, 0.2) is 5.78 Å².